The number of methoxy groups -OCH3 is 1. The molecule has 17 heavy (non-hydrogen) atoms. The van der Waals surface area contributed by atoms with Gasteiger partial charge in [0, 0.05) is 12.7 Å². The molecule has 1 heterocycles. The van der Waals surface area contributed by atoms with Gasteiger partial charge >= 0.3 is 0 Å². The molecule has 4 nitrogen and oxygen atoms in total. The molecular weight excluding hydrogens is 240 g/mol. The highest BCUT2D eigenvalue weighted by Crippen LogP contribution is 2.32. The minimum atomic E-state index is -0.0791. The molecule has 0 aliphatic heterocycles. The molecular formula is C12H19ClN2O2. The summed E-state index contributed by atoms with van der Waals surface area (Å²) in [7, 11) is 1.62. The number of aliphatic hydroxyl groups excluding tert-OH is 1. The van der Waals surface area contributed by atoms with E-state index in [0.29, 0.717) is 23.4 Å². The molecule has 1 fully saturated rings. The van der Waals surface area contributed by atoms with Crippen molar-refractivity contribution in [1.29, 1.82) is 0 Å². The highest BCUT2D eigenvalue weighted by Gasteiger charge is 2.22. The van der Waals surface area contributed by atoms with E-state index in [0.717, 1.165) is 18.5 Å². The van der Waals surface area contributed by atoms with Gasteiger partial charge in [0.05, 0.1) is 24.9 Å². The molecule has 1 saturated carbocycles. The topological polar surface area (TPSA) is 47.3 Å². The molecule has 0 saturated heterocycles. The number of ether oxygens (including phenoxy) is 1. The molecule has 0 atom stereocenters. The number of rotatable bonds is 4. The predicted octanol–water partition coefficient (Wildman–Crippen LogP) is 2.68. The maximum Gasteiger partial charge on any atom is 0.133 e. The second kappa shape index (κ2) is 5.85. The van der Waals surface area contributed by atoms with Crippen molar-refractivity contribution >= 4 is 11.6 Å². The van der Waals surface area contributed by atoms with E-state index in [-0.39, 0.29) is 6.61 Å². The van der Waals surface area contributed by atoms with E-state index in [1.54, 1.807) is 7.11 Å². The van der Waals surface area contributed by atoms with Crippen LogP contribution in [0.1, 0.15) is 49.4 Å². The molecule has 0 radical (unpaired) electrons. The lowest BCUT2D eigenvalue weighted by Crippen LogP contribution is -2.14. The first kappa shape index (κ1) is 12.9. The highest BCUT2D eigenvalue weighted by molar-refractivity contribution is 6.30. The van der Waals surface area contributed by atoms with Gasteiger partial charge in [0.25, 0.3) is 0 Å². The second-order valence-corrected chi connectivity index (χ2v) is 4.90. The smallest absolute Gasteiger partial charge is 0.133 e. The molecule has 0 spiro atoms. The van der Waals surface area contributed by atoms with Crippen molar-refractivity contribution < 1.29 is 9.84 Å². The number of aromatic nitrogens is 2. The van der Waals surface area contributed by atoms with Crippen LogP contribution in [0.15, 0.2) is 0 Å². The second-order valence-electron chi connectivity index (χ2n) is 4.54. The third-order valence-electron chi connectivity index (χ3n) is 3.39. The van der Waals surface area contributed by atoms with Crippen LogP contribution in [0.4, 0.5) is 0 Å². The van der Waals surface area contributed by atoms with E-state index >= 15 is 0 Å². The minimum absolute atomic E-state index is 0.0791. The fourth-order valence-corrected chi connectivity index (χ4v) is 2.81. The van der Waals surface area contributed by atoms with Gasteiger partial charge in [-0.25, -0.2) is 0 Å². The van der Waals surface area contributed by atoms with Crippen molar-refractivity contribution in [2.75, 3.05) is 7.11 Å². The van der Waals surface area contributed by atoms with Crippen molar-refractivity contribution in [2.24, 2.45) is 0 Å². The van der Waals surface area contributed by atoms with E-state index in [1.165, 1.54) is 19.3 Å². The zero-order valence-corrected chi connectivity index (χ0v) is 10.9. The number of hydrogen-bond donors (Lipinski definition) is 1. The Balaban J connectivity index is 2.26. The molecule has 1 aliphatic carbocycles. The first-order chi connectivity index (χ1) is 8.27. The average Bonchev–Trinajstić information content (AvgIpc) is 2.67. The van der Waals surface area contributed by atoms with E-state index in [4.69, 9.17) is 16.3 Å². The largest absolute Gasteiger partial charge is 0.391 e. The Morgan fingerprint density at radius 2 is 2.12 bits per heavy atom. The van der Waals surface area contributed by atoms with Gasteiger partial charge in [0.15, 0.2) is 0 Å². The summed E-state index contributed by atoms with van der Waals surface area (Å²) < 4.78 is 6.96. The van der Waals surface area contributed by atoms with Crippen LogP contribution in [0.5, 0.6) is 0 Å². The zero-order valence-electron chi connectivity index (χ0n) is 10.2. The third-order valence-corrected chi connectivity index (χ3v) is 3.79. The van der Waals surface area contributed by atoms with Gasteiger partial charge in [0.2, 0.25) is 0 Å². The van der Waals surface area contributed by atoms with Crippen molar-refractivity contribution in [3.05, 3.63) is 16.4 Å². The predicted molar refractivity (Wildman–Crippen MR) is 66.0 cm³/mol. The van der Waals surface area contributed by atoms with Crippen LogP contribution in [0.2, 0.25) is 5.15 Å². The maximum absolute atomic E-state index is 9.34. The van der Waals surface area contributed by atoms with Crippen LogP contribution in [-0.4, -0.2) is 22.0 Å². The Bertz CT molecular complexity index is 373. The average molecular weight is 259 g/mol. The Kier molecular flexibility index (Phi) is 4.42. The first-order valence-corrected chi connectivity index (χ1v) is 6.51. The summed E-state index contributed by atoms with van der Waals surface area (Å²) in [4.78, 5) is 0. The Morgan fingerprint density at radius 3 is 2.71 bits per heavy atom. The Hall–Kier alpha value is -0.580. The molecule has 0 amide bonds. The fourth-order valence-electron chi connectivity index (χ4n) is 2.47. The summed E-state index contributed by atoms with van der Waals surface area (Å²) in [5.41, 5.74) is 1.46. The van der Waals surface area contributed by atoms with Crippen LogP contribution in [0, 0.1) is 0 Å². The summed E-state index contributed by atoms with van der Waals surface area (Å²) in [6.07, 6.45) is 6.01. The maximum atomic E-state index is 9.34. The van der Waals surface area contributed by atoms with E-state index in [9.17, 15) is 5.11 Å². The van der Waals surface area contributed by atoms with Crippen molar-refractivity contribution in [3.8, 4) is 0 Å². The van der Waals surface area contributed by atoms with E-state index in [2.05, 4.69) is 5.10 Å². The molecule has 0 unspecified atom stereocenters. The van der Waals surface area contributed by atoms with Gasteiger partial charge in [-0.2, -0.15) is 5.10 Å². The quantitative estimate of drug-likeness (QED) is 0.903. The molecule has 96 valence electrons. The Labute approximate surface area is 107 Å². The fraction of sp³-hybridized carbons (Fsp3) is 0.750. The van der Waals surface area contributed by atoms with Crippen LogP contribution < -0.4 is 0 Å². The summed E-state index contributed by atoms with van der Waals surface area (Å²) in [5.74, 6) is 0. The summed E-state index contributed by atoms with van der Waals surface area (Å²) in [6.45, 7) is 0.319. The van der Waals surface area contributed by atoms with Gasteiger partial charge in [-0.1, -0.05) is 30.9 Å². The molecule has 0 bridgehead atoms. The first-order valence-electron chi connectivity index (χ1n) is 6.13. The molecule has 1 aromatic heterocycles. The molecule has 1 aliphatic rings. The monoisotopic (exact) mass is 258 g/mol. The number of nitrogens with zero attached hydrogens (tertiary/aromatic N) is 2. The number of aliphatic hydroxyl groups is 1. The zero-order chi connectivity index (χ0) is 12.3. The summed E-state index contributed by atoms with van der Waals surface area (Å²) >= 11 is 6.28. The lowest BCUT2D eigenvalue weighted by atomic mass is 9.96. The summed E-state index contributed by atoms with van der Waals surface area (Å²) in [5, 5.41) is 14.4. The standard InChI is InChI=1S/C12H19ClN2O2/c1-17-8-11-10(7-16)12(13)15(14-11)9-5-3-2-4-6-9/h9,16H,2-8H2,1H3. The van der Waals surface area contributed by atoms with Crippen molar-refractivity contribution in [3.63, 3.8) is 0 Å². The molecule has 1 aromatic rings. The summed E-state index contributed by atoms with van der Waals surface area (Å²) in [6, 6.07) is 0.382. The van der Waals surface area contributed by atoms with Gasteiger partial charge < -0.3 is 9.84 Å². The highest BCUT2D eigenvalue weighted by atomic mass is 35.5. The van der Waals surface area contributed by atoms with Crippen LogP contribution >= 0.6 is 11.6 Å². The molecule has 5 heteroatoms. The minimum Gasteiger partial charge on any atom is -0.391 e. The number of halogens is 1. The van der Waals surface area contributed by atoms with Crippen molar-refractivity contribution in [1.82, 2.24) is 9.78 Å². The molecule has 1 N–H and O–H groups in total. The van der Waals surface area contributed by atoms with Gasteiger partial charge in [0.1, 0.15) is 5.15 Å². The van der Waals surface area contributed by atoms with Crippen LogP contribution in [0.25, 0.3) is 0 Å². The van der Waals surface area contributed by atoms with E-state index in [1.807, 2.05) is 4.68 Å². The lowest BCUT2D eigenvalue weighted by molar-refractivity contribution is 0.176. The molecule has 0 aromatic carbocycles. The normalized spacial score (nSPS) is 17.6. The third kappa shape index (κ3) is 2.64. The SMILES string of the molecule is COCc1nn(C2CCCCC2)c(Cl)c1CO. The van der Waals surface area contributed by atoms with Gasteiger partial charge in [-0.05, 0) is 12.8 Å². The van der Waals surface area contributed by atoms with Crippen LogP contribution in [0.3, 0.4) is 0 Å². The number of hydrogen-bond acceptors (Lipinski definition) is 3. The van der Waals surface area contributed by atoms with Gasteiger partial charge in [-0.15, -0.1) is 0 Å². The lowest BCUT2D eigenvalue weighted by Gasteiger charge is -2.22. The Morgan fingerprint density at radius 1 is 1.41 bits per heavy atom. The van der Waals surface area contributed by atoms with E-state index < -0.39 is 0 Å². The van der Waals surface area contributed by atoms with Crippen LogP contribution in [-0.2, 0) is 18.0 Å². The van der Waals surface area contributed by atoms with Crippen molar-refractivity contribution in [2.45, 2.75) is 51.4 Å². The molecule has 2 rings (SSSR count). The van der Waals surface area contributed by atoms with Gasteiger partial charge in [-0.3, -0.25) is 4.68 Å².